The Hall–Kier alpha value is -3.24. The maximum atomic E-state index is 13.8. The Morgan fingerprint density at radius 3 is 2.15 bits per heavy atom. The zero-order chi connectivity index (χ0) is 30.6. The molecule has 0 aliphatic carbocycles. The van der Waals surface area contributed by atoms with Crippen LogP contribution >= 0.6 is 0 Å². The Labute approximate surface area is 230 Å². The first-order chi connectivity index (χ1) is 18.7. The topological polar surface area (TPSA) is 123 Å². The van der Waals surface area contributed by atoms with Gasteiger partial charge in [0.15, 0.2) is 0 Å². The van der Waals surface area contributed by atoms with Crippen molar-refractivity contribution in [1.29, 1.82) is 0 Å². The first-order valence-electron chi connectivity index (χ1n) is 12.1. The summed E-state index contributed by atoms with van der Waals surface area (Å²) in [6, 6.07) is 4.41. The highest BCUT2D eigenvalue weighted by molar-refractivity contribution is 7.92. The van der Waals surface area contributed by atoms with Crippen LogP contribution in [0.1, 0.15) is 43.2 Å². The van der Waals surface area contributed by atoms with Crippen molar-refractivity contribution in [1.82, 2.24) is 10.2 Å². The van der Waals surface area contributed by atoms with Gasteiger partial charge in [0.25, 0.3) is 15.6 Å². The molecule has 3 N–H and O–H groups in total. The molecule has 0 amide bonds. The fraction of sp³-hybridized carbons (Fsp3) is 0.440. The molecule has 0 spiro atoms. The quantitative estimate of drug-likeness (QED) is 0.377. The molecule has 1 aliphatic heterocycles. The van der Waals surface area contributed by atoms with Gasteiger partial charge in [0, 0.05) is 23.9 Å². The van der Waals surface area contributed by atoms with Crippen LogP contribution in [0.4, 0.5) is 36.4 Å². The average molecular weight is 611 g/mol. The van der Waals surface area contributed by atoms with Gasteiger partial charge >= 0.3 is 12.4 Å². The summed E-state index contributed by atoms with van der Waals surface area (Å²) in [5.41, 5.74) is -1.84. The lowest BCUT2D eigenvalue weighted by Crippen LogP contribution is -2.54. The number of anilines is 1. The van der Waals surface area contributed by atoms with Gasteiger partial charge in [-0.25, -0.2) is 12.8 Å². The number of aryl methyl sites for hydroxylation is 1. The Kier molecular flexibility index (Phi) is 7.67. The molecule has 0 bridgehead atoms. The number of nitrogens with two attached hydrogens (primary N) is 1. The number of nitrogens with zero attached hydrogens (tertiary/aromatic N) is 3. The van der Waals surface area contributed by atoms with Gasteiger partial charge in [-0.1, -0.05) is 12.1 Å². The lowest BCUT2D eigenvalue weighted by Gasteiger charge is -2.39. The van der Waals surface area contributed by atoms with E-state index >= 15 is 0 Å². The molecule has 3 aromatic rings. The van der Waals surface area contributed by atoms with E-state index in [1.165, 1.54) is 0 Å². The Morgan fingerprint density at radius 1 is 1.00 bits per heavy atom. The van der Waals surface area contributed by atoms with Crippen LogP contribution in [0.2, 0.25) is 0 Å². The highest BCUT2D eigenvalue weighted by atomic mass is 32.2. The highest BCUT2D eigenvalue weighted by Crippen LogP contribution is 2.51. The summed E-state index contributed by atoms with van der Waals surface area (Å²) in [5.74, 6) is -0.527. The molecular formula is C25H25F7N4O4S. The van der Waals surface area contributed by atoms with E-state index < -0.39 is 50.9 Å². The Balaban J connectivity index is 1.81. The van der Waals surface area contributed by atoms with E-state index in [0.717, 1.165) is 34.6 Å². The van der Waals surface area contributed by atoms with Crippen molar-refractivity contribution < 1.29 is 48.7 Å². The second-order valence-corrected chi connectivity index (χ2v) is 12.3. The number of fused-ring (bicyclic) bond motifs is 1. The van der Waals surface area contributed by atoms with Crippen molar-refractivity contribution in [2.24, 2.45) is 5.73 Å². The minimum absolute atomic E-state index is 0.0251. The third kappa shape index (κ3) is 5.90. The lowest BCUT2D eigenvalue weighted by atomic mass is 9.87. The first kappa shape index (κ1) is 30.7. The average Bonchev–Trinajstić information content (AvgIpc) is 3.26. The number of benzene rings is 2. The molecule has 0 saturated carbocycles. The Bertz CT molecular complexity index is 1500. The third-order valence-corrected chi connectivity index (χ3v) is 8.41. The van der Waals surface area contributed by atoms with Crippen molar-refractivity contribution in [2.45, 2.75) is 74.0 Å². The van der Waals surface area contributed by atoms with Crippen LogP contribution in [0.25, 0.3) is 0 Å². The zero-order valence-electron chi connectivity index (χ0n) is 21.6. The molecule has 41 heavy (non-hydrogen) atoms. The number of aliphatic hydroxyl groups is 1. The molecule has 0 unspecified atom stereocenters. The van der Waals surface area contributed by atoms with Crippen LogP contribution < -0.4 is 10.0 Å². The van der Waals surface area contributed by atoms with Gasteiger partial charge in [-0.05, 0) is 62.6 Å². The molecule has 8 nitrogen and oxygen atoms in total. The van der Waals surface area contributed by atoms with Gasteiger partial charge in [0.1, 0.15) is 5.82 Å². The smallest absolute Gasteiger partial charge is 0.425 e. The summed E-state index contributed by atoms with van der Waals surface area (Å²) in [5, 5.41) is 17.7. The molecule has 16 heteroatoms. The molecule has 2 aromatic carbocycles. The summed E-state index contributed by atoms with van der Waals surface area (Å²) in [4.78, 5) is -0.376. The molecule has 2 heterocycles. The number of alkyl halides is 6. The molecule has 224 valence electrons. The molecule has 0 fully saturated rings. The lowest BCUT2D eigenvalue weighted by molar-refractivity contribution is -0.376. The van der Waals surface area contributed by atoms with Crippen LogP contribution in [-0.4, -0.2) is 47.7 Å². The van der Waals surface area contributed by atoms with E-state index in [1.54, 1.807) is 13.8 Å². The monoisotopic (exact) mass is 610 g/mol. The number of aromatic nitrogens is 2. The van der Waals surface area contributed by atoms with Crippen molar-refractivity contribution in [3.05, 3.63) is 71.2 Å². The summed E-state index contributed by atoms with van der Waals surface area (Å²) in [6.07, 6.45) is -12.4. The normalized spacial score (nSPS) is 17.0. The largest absolute Gasteiger partial charge is 0.430 e. The molecule has 1 atom stereocenters. The van der Waals surface area contributed by atoms with Gasteiger partial charge in [-0.3, -0.25) is 4.31 Å². The second-order valence-electron chi connectivity index (χ2n) is 10.5. The maximum Gasteiger partial charge on any atom is 0.430 e. The number of hydrogen-bond donors (Lipinski definition) is 2. The Morgan fingerprint density at radius 2 is 1.59 bits per heavy atom. The van der Waals surface area contributed by atoms with Crippen molar-refractivity contribution in [2.75, 3.05) is 4.31 Å². The summed E-state index contributed by atoms with van der Waals surface area (Å²) in [6.45, 7) is 3.44. The van der Waals surface area contributed by atoms with Crippen molar-refractivity contribution in [3.63, 3.8) is 0 Å². The summed E-state index contributed by atoms with van der Waals surface area (Å²) in [7, 11) is -4.54. The van der Waals surface area contributed by atoms with E-state index in [2.05, 4.69) is 10.2 Å². The number of sulfonamides is 1. The van der Waals surface area contributed by atoms with E-state index in [-0.39, 0.29) is 53.6 Å². The van der Waals surface area contributed by atoms with Crippen LogP contribution in [0.3, 0.4) is 0 Å². The van der Waals surface area contributed by atoms with E-state index in [9.17, 15) is 44.3 Å². The highest BCUT2D eigenvalue weighted by Gasteiger charge is 2.71. The summed E-state index contributed by atoms with van der Waals surface area (Å²) >= 11 is 0. The van der Waals surface area contributed by atoms with Gasteiger partial charge in [0.2, 0.25) is 11.8 Å². The molecular weight excluding hydrogens is 585 g/mol. The van der Waals surface area contributed by atoms with Crippen LogP contribution in [0, 0.1) is 5.82 Å². The summed E-state index contributed by atoms with van der Waals surface area (Å²) < 4.78 is 129. The van der Waals surface area contributed by atoms with Gasteiger partial charge in [-0.2, -0.15) is 26.3 Å². The van der Waals surface area contributed by atoms with Gasteiger partial charge in [-0.15, -0.1) is 10.2 Å². The van der Waals surface area contributed by atoms with Gasteiger partial charge < -0.3 is 15.3 Å². The zero-order valence-corrected chi connectivity index (χ0v) is 22.4. The molecule has 0 saturated heterocycles. The number of halogens is 7. The number of rotatable bonds is 7. The minimum atomic E-state index is -6.12. The van der Waals surface area contributed by atoms with Crippen LogP contribution in [0.5, 0.6) is 0 Å². The molecule has 4 rings (SSSR count). The molecule has 1 aliphatic rings. The third-order valence-electron chi connectivity index (χ3n) is 6.53. The van der Waals surface area contributed by atoms with Gasteiger partial charge in [0.05, 0.1) is 16.6 Å². The van der Waals surface area contributed by atoms with Crippen LogP contribution in [-0.2, 0) is 34.9 Å². The fourth-order valence-electron chi connectivity index (χ4n) is 4.61. The first-order valence-corrected chi connectivity index (χ1v) is 13.6. The van der Waals surface area contributed by atoms with Crippen molar-refractivity contribution in [3.8, 4) is 0 Å². The standard InChI is InChI=1S/C25H25F7N4O4S/c1-22(2,33)13-21-35-34-20(40-21)12-17-7-3-14-11-15(23(37,24(27,28)29)25(30,31)32)4-10-19(14)36(17)41(38,39)18-8-5-16(26)6-9-18/h4-6,8-11,17,37H,3,7,12-13,33H2,1-2H3/t17-/m0/s1. The maximum absolute atomic E-state index is 13.8. The fourth-order valence-corrected chi connectivity index (χ4v) is 6.33. The number of hydrogen-bond acceptors (Lipinski definition) is 7. The molecule has 1 aromatic heterocycles. The molecule has 0 radical (unpaired) electrons. The predicted molar refractivity (Wildman–Crippen MR) is 131 cm³/mol. The van der Waals surface area contributed by atoms with E-state index in [1.807, 2.05) is 0 Å². The predicted octanol–water partition coefficient (Wildman–Crippen LogP) is 4.55. The second kappa shape index (κ2) is 10.2. The SMILES string of the molecule is CC(C)(N)Cc1nnc(C[C@@H]2CCc3cc(C(O)(C(F)(F)F)C(F)(F)F)ccc3N2S(=O)(=O)c2ccc(F)cc2)o1. The minimum Gasteiger partial charge on any atom is -0.425 e. The van der Waals surface area contributed by atoms with Crippen LogP contribution in [0.15, 0.2) is 51.8 Å². The van der Waals surface area contributed by atoms with E-state index in [4.69, 9.17) is 10.2 Å². The van der Waals surface area contributed by atoms with Crippen molar-refractivity contribution >= 4 is 15.7 Å². The van der Waals surface area contributed by atoms with E-state index in [0.29, 0.717) is 12.1 Å².